The second-order valence-electron chi connectivity index (χ2n) is 20.0. The maximum Gasteiger partial charge on any atom is 0.329 e. The zero-order chi connectivity index (χ0) is 49.6. The number of carbonyl (C=O) groups excluding carboxylic acids is 4. The van der Waals surface area contributed by atoms with Crippen LogP contribution in [0, 0.1) is 29.6 Å². The first kappa shape index (κ1) is 53.1. The number of ketones is 2. The quantitative estimate of drug-likeness (QED) is 0.129. The average molecular weight is 949 g/mol. The van der Waals surface area contributed by atoms with Crippen molar-refractivity contribution in [3.63, 3.8) is 0 Å². The van der Waals surface area contributed by atoms with E-state index in [4.69, 9.17) is 23.7 Å². The molecule has 6 rings (SSSR count). The van der Waals surface area contributed by atoms with Gasteiger partial charge in [-0.1, -0.05) is 45.9 Å². The molecule has 15 nitrogen and oxygen atoms in total. The second kappa shape index (κ2) is 23.1. The Balaban J connectivity index is 1.29. The maximum atomic E-state index is 14.5. The van der Waals surface area contributed by atoms with E-state index in [9.17, 15) is 39.6 Å². The smallest absolute Gasteiger partial charge is 0.329 e. The number of carbonyl (C=O) groups is 4. The van der Waals surface area contributed by atoms with Crippen LogP contribution in [0.3, 0.4) is 0 Å². The van der Waals surface area contributed by atoms with Crippen LogP contribution < -0.4 is 4.74 Å². The number of esters is 1. The molecule has 15 unspecified atom stereocenters. The summed E-state index contributed by atoms with van der Waals surface area (Å²) in [6, 6.07) is 6.67. The highest BCUT2D eigenvalue weighted by Crippen LogP contribution is 2.40. The van der Waals surface area contributed by atoms with E-state index in [2.05, 4.69) is 11.1 Å². The van der Waals surface area contributed by atoms with E-state index in [0.29, 0.717) is 62.0 Å². The van der Waals surface area contributed by atoms with Crippen LogP contribution in [0.1, 0.15) is 106 Å². The maximum absolute atomic E-state index is 14.5. The number of benzene rings is 1. The number of aliphatic hydroxyl groups is 4. The molecule has 2 aromatic rings. The van der Waals surface area contributed by atoms with Crippen molar-refractivity contribution in [2.75, 3.05) is 20.8 Å². The van der Waals surface area contributed by atoms with E-state index >= 15 is 0 Å². The van der Waals surface area contributed by atoms with Gasteiger partial charge in [-0.2, -0.15) is 0 Å². The van der Waals surface area contributed by atoms with E-state index in [1.807, 2.05) is 56.5 Å². The molecule has 3 aliphatic heterocycles. The molecule has 4 heterocycles. The van der Waals surface area contributed by atoms with E-state index in [1.54, 1.807) is 33.8 Å². The molecule has 68 heavy (non-hydrogen) atoms. The van der Waals surface area contributed by atoms with Gasteiger partial charge >= 0.3 is 5.97 Å². The number of amides is 1. The molecular weight excluding hydrogens is 873 g/mol. The third kappa shape index (κ3) is 11.7. The third-order valence-electron chi connectivity index (χ3n) is 15.2. The second-order valence-corrected chi connectivity index (χ2v) is 20.0. The number of aliphatic hydroxyl groups excluding tert-OH is 3. The summed E-state index contributed by atoms with van der Waals surface area (Å²) in [7, 11) is 2.94. The monoisotopic (exact) mass is 949 g/mol. The van der Waals surface area contributed by atoms with Gasteiger partial charge in [0.2, 0.25) is 5.79 Å². The van der Waals surface area contributed by atoms with Crippen LogP contribution in [0.25, 0.3) is 10.9 Å². The number of fused-ring (bicyclic) bond motifs is 4. The van der Waals surface area contributed by atoms with Gasteiger partial charge < -0.3 is 53.6 Å². The van der Waals surface area contributed by atoms with Gasteiger partial charge in [0.25, 0.3) is 11.7 Å². The molecular formula is C53H76N2O13. The predicted molar refractivity (Wildman–Crippen MR) is 255 cm³/mol. The van der Waals surface area contributed by atoms with Crippen molar-refractivity contribution < 1.29 is 63.3 Å². The van der Waals surface area contributed by atoms with Crippen molar-refractivity contribution >= 4 is 34.3 Å². The first-order chi connectivity index (χ1) is 32.3. The Morgan fingerprint density at radius 1 is 0.941 bits per heavy atom. The van der Waals surface area contributed by atoms with E-state index in [1.165, 1.54) is 14.2 Å². The Morgan fingerprint density at radius 3 is 2.34 bits per heavy atom. The molecule has 376 valence electrons. The number of rotatable bonds is 9. The highest BCUT2D eigenvalue weighted by molar-refractivity contribution is 6.39. The molecule has 15 atom stereocenters. The lowest BCUT2D eigenvalue weighted by molar-refractivity contribution is -0.302. The summed E-state index contributed by atoms with van der Waals surface area (Å²) in [5.74, 6) is -8.23. The topological polar surface area (TPSA) is 204 Å². The van der Waals surface area contributed by atoms with Crippen molar-refractivity contribution in [1.82, 2.24) is 9.47 Å². The molecule has 2 bridgehead atoms. The fraction of sp³-hybridized carbons (Fsp3) is 0.660. The van der Waals surface area contributed by atoms with Crippen molar-refractivity contribution in [3.05, 3.63) is 66.4 Å². The standard InChI is InChI=1S/C53H76N2O13/c1-10-20-54-22-19-37-28-38(16-17-39(37)54)66-44-18-15-35(27-43(44)58)23-32(5)48-34(7)41(56)29-42(57)36(11-2)24-30(3)47(59)31(4)25-45(64-8)49-46(65-9)26-33(6)53(63,68-49)50(60)51(61)55-21-13-12-14-40(55)52(62)67-48/h10,16-17,19,22-24,28,31,33-36,40-41,43-49,56,58-59,63H,1,11-15,18,20-21,25-27,29H2,2-9H3. The van der Waals surface area contributed by atoms with Crippen molar-refractivity contribution in [3.8, 4) is 5.75 Å². The minimum Gasteiger partial charge on any atom is -0.488 e. The lowest BCUT2D eigenvalue weighted by Crippen LogP contribution is -2.64. The minimum atomic E-state index is -2.59. The molecule has 1 amide bonds. The van der Waals surface area contributed by atoms with Gasteiger partial charge in [0.05, 0.1) is 30.5 Å². The Kier molecular flexibility index (Phi) is 18.1. The first-order valence-corrected chi connectivity index (χ1v) is 24.7. The summed E-state index contributed by atoms with van der Waals surface area (Å²) in [4.78, 5) is 58.4. The van der Waals surface area contributed by atoms with Crippen LogP contribution >= 0.6 is 0 Å². The molecule has 1 aromatic heterocycles. The number of allylic oxidation sites excluding steroid dienone is 3. The van der Waals surface area contributed by atoms with E-state index in [-0.39, 0.29) is 43.9 Å². The van der Waals surface area contributed by atoms with E-state index in [0.717, 1.165) is 15.8 Å². The fourth-order valence-corrected chi connectivity index (χ4v) is 10.9. The SMILES string of the molecule is C=CCn1ccc2cc(OC3CCC(C=C(C)C4OC(=O)C5CCCCN5C(=O)C(=O)C5(O)OC(C(OC)CC(C)C(O)C(C)=CC(CC)C(=O)CC(O)C4C)C(OC)CC5C)CC3O)ccc21. The molecule has 1 saturated carbocycles. The summed E-state index contributed by atoms with van der Waals surface area (Å²) < 4.78 is 32.7. The number of ether oxygens (including phenoxy) is 5. The van der Waals surface area contributed by atoms with Gasteiger partial charge in [-0.15, -0.1) is 6.58 Å². The van der Waals surface area contributed by atoms with E-state index < -0.39 is 102 Å². The molecule has 4 N–H and O–H groups in total. The zero-order valence-corrected chi connectivity index (χ0v) is 41.3. The highest BCUT2D eigenvalue weighted by Gasteiger charge is 2.57. The van der Waals surface area contributed by atoms with Crippen LogP contribution in [0.2, 0.25) is 0 Å². The number of methoxy groups -OCH3 is 2. The van der Waals surface area contributed by atoms with Crippen molar-refractivity contribution in [2.45, 2.75) is 173 Å². The van der Waals surface area contributed by atoms with Crippen LogP contribution in [0.4, 0.5) is 0 Å². The summed E-state index contributed by atoms with van der Waals surface area (Å²) in [6.07, 6.45) is 3.72. The Bertz CT molecular complexity index is 2170. The van der Waals surface area contributed by atoms with Gasteiger partial charge in [-0.25, -0.2) is 4.79 Å². The predicted octanol–water partition coefficient (Wildman–Crippen LogP) is 6.02. The third-order valence-corrected chi connectivity index (χ3v) is 15.2. The molecule has 4 aliphatic rings. The van der Waals surface area contributed by atoms with Crippen molar-refractivity contribution in [2.24, 2.45) is 29.6 Å². The fourth-order valence-electron chi connectivity index (χ4n) is 10.9. The Morgan fingerprint density at radius 2 is 1.66 bits per heavy atom. The molecule has 3 fully saturated rings. The largest absolute Gasteiger partial charge is 0.488 e. The number of cyclic esters (lactones) is 1. The number of hydrogen-bond acceptors (Lipinski definition) is 13. The number of nitrogens with zero attached hydrogens (tertiary/aromatic N) is 2. The van der Waals surface area contributed by atoms with Gasteiger partial charge in [-0.05, 0) is 119 Å². The summed E-state index contributed by atoms with van der Waals surface area (Å²) in [6.45, 7) is 15.1. The highest BCUT2D eigenvalue weighted by atomic mass is 16.7. The molecule has 2 saturated heterocycles. The molecule has 0 radical (unpaired) electrons. The number of aromatic nitrogens is 1. The van der Waals surface area contributed by atoms with Crippen LogP contribution in [-0.4, -0.2) is 135 Å². The summed E-state index contributed by atoms with van der Waals surface area (Å²) in [5.41, 5.74) is 2.19. The summed E-state index contributed by atoms with van der Waals surface area (Å²) >= 11 is 0. The normalized spacial score (nSPS) is 36.6. The zero-order valence-electron chi connectivity index (χ0n) is 41.3. The Labute approximate surface area is 401 Å². The average Bonchev–Trinajstić information content (AvgIpc) is 3.73. The van der Waals surface area contributed by atoms with Gasteiger partial charge in [0, 0.05) is 68.6 Å². The molecule has 1 aromatic carbocycles. The van der Waals surface area contributed by atoms with Gasteiger partial charge in [-0.3, -0.25) is 14.4 Å². The summed E-state index contributed by atoms with van der Waals surface area (Å²) in [5, 5.41) is 48.0. The molecule has 0 spiro atoms. The first-order valence-electron chi connectivity index (χ1n) is 24.7. The van der Waals surface area contributed by atoms with Crippen LogP contribution in [0.15, 0.2) is 66.4 Å². The number of piperidine rings is 1. The van der Waals surface area contributed by atoms with Crippen LogP contribution in [-0.2, 0) is 44.7 Å². The van der Waals surface area contributed by atoms with Gasteiger partial charge in [0.15, 0.2) is 0 Å². The Hall–Kier alpha value is -4.22. The minimum absolute atomic E-state index is 0.0467. The van der Waals surface area contributed by atoms with Gasteiger partial charge in [0.1, 0.15) is 35.9 Å². The van der Waals surface area contributed by atoms with Crippen LogP contribution in [0.5, 0.6) is 5.75 Å². The van der Waals surface area contributed by atoms with Crippen molar-refractivity contribution in [1.29, 1.82) is 0 Å². The molecule has 1 aliphatic carbocycles. The number of hydrogen-bond donors (Lipinski definition) is 4. The number of Topliss-reactive ketones (excluding diaryl/α,β-unsaturated/α-hetero) is 2. The lowest BCUT2D eigenvalue weighted by atomic mass is 9.81. The molecule has 15 heteroatoms. The lowest BCUT2D eigenvalue weighted by Gasteiger charge is -2.47.